The number of aliphatic carboxylic acids is 1. The third-order valence-corrected chi connectivity index (χ3v) is 2.43. The van der Waals surface area contributed by atoms with Gasteiger partial charge in [-0.25, -0.2) is 0 Å². The molecule has 78 valence electrons. The Kier molecular flexibility index (Phi) is 2.43. The van der Waals surface area contributed by atoms with E-state index in [1.54, 1.807) is 0 Å². The highest BCUT2D eigenvalue weighted by molar-refractivity contribution is 5.84. The minimum Gasteiger partial charge on any atom is -0.480 e. The van der Waals surface area contributed by atoms with Crippen LogP contribution in [0.25, 0.3) is 10.9 Å². The average molecular weight is 205 g/mol. The topological polar surface area (TPSA) is 79.1 Å². The fraction of sp³-hybridized carbons (Fsp3) is 0.182. The van der Waals surface area contributed by atoms with Crippen molar-refractivity contribution in [2.75, 3.05) is 0 Å². The quantitative estimate of drug-likeness (QED) is 0.657. The Morgan fingerprint density at radius 1 is 1.47 bits per heavy atom. The van der Waals surface area contributed by atoms with Crippen LogP contribution in [0.5, 0.6) is 0 Å². The third kappa shape index (κ3) is 1.85. The van der Waals surface area contributed by atoms with Crippen molar-refractivity contribution in [2.24, 2.45) is 5.73 Å². The molecule has 0 aliphatic rings. The number of benzene rings is 1. The molecule has 0 aliphatic heterocycles. The zero-order chi connectivity index (χ0) is 10.8. The van der Waals surface area contributed by atoms with Crippen LogP contribution in [-0.4, -0.2) is 22.1 Å². The fourth-order valence-corrected chi connectivity index (χ4v) is 1.62. The van der Waals surface area contributed by atoms with Gasteiger partial charge < -0.3 is 15.8 Å². The largest absolute Gasteiger partial charge is 0.480 e. The fourth-order valence-electron chi connectivity index (χ4n) is 1.62. The molecule has 1 aromatic heterocycles. The van der Waals surface area contributed by atoms with Crippen LogP contribution in [0.1, 0.15) is 5.56 Å². The van der Waals surface area contributed by atoms with Gasteiger partial charge in [0.2, 0.25) is 0 Å². The van der Waals surface area contributed by atoms with E-state index in [0.29, 0.717) is 6.42 Å². The van der Waals surface area contributed by atoms with Gasteiger partial charge in [-0.2, -0.15) is 0 Å². The van der Waals surface area contributed by atoms with Crippen LogP contribution in [0.2, 0.25) is 0 Å². The van der Waals surface area contributed by atoms with E-state index in [4.69, 9.17) is 10.8 Å². The number of nitrogens with two attached hydrogens (primary N) is 1. The second-order valence-corrected chi connectivity index (χ2v) is 3.51. The van der Waals surface area contributed by atoms with Crippen molar-refractivity contribution in [1.82, 2.24) is 4.98 Å². The van der Waals surface area contributed by atoms with Crippen molar-refractivity contribution < 1.29 is 9.90 Å². The molecule has 1 atom stereocenters. The molecular formula is C11H12N2O2. The minimum atomic E-state index is -0.972. The molecule has 0 radical (unpaired) electrons. The number of hydrogen-bond donors (Lipinski definition) is 3. The molecule has 0 saturated carbocycles. The van der Waals surface area contributed by atoms with Gasteiger partial charge in [0.1, 0.15) is 6.04 Å². The Balaban J connectivity index is 2.32. The van der Waals surface area contributed by atoms with Crippen LogP contribution in [0.3, 0.4) is 0 Å². The predicted octanol–water partition coefficient (Wildman–Crippen LogP) is 1.12. The van der Waals surface area contributed by atoms with Gasteiger partial charge in [-0.05, 0) is 11.6 Å². The van der Waals surface area contributed by atoms with E-state index in [1.807, 2.05) is 30.5 Å². The summed E-state index contributed by atoms with van der Waals surface area (Å²) in [6.07, 6.45) is 2.16. The first kappa shape index (κ1) is 9.73. The summed E-state index contributed by atoms with van der Waals surface area (Å²) in [5.74, 6) is -0.972. The lowest BCUT2D eigenvalue weighted by molar-refractivity contribution is -0.138. The van der Waals surface area contributed by atoms with Crippen molar-refractivity contribution >= 4 is 16.9 Å². The van der Waals surface area contributed by atoms with Crippen LogP contribution >= 0.6 is 0 Å². The number of carboxylic acids is 1. The number of hydrogen-bond acceptors (Lipinski definition) is 2. The van der Waals surface area contributed by atoms with E-state index in [2.05, 4.69) is 4.98 Å². The molecule has 0 amide bonds. The molecule has 2 rings (SSSR count). The second-order valence-electron chi connectivity index (χ2n) is 3.51. The summed E-state index contributed by atoms with van der Waals surface area (Å²) in [5.41, 5.74) is 7.43. The molecule has 0 spiro atoms. The number of carbonyl (C=O) groups is 1. The van der Waals surface area contributed by atoms with Crippen molar-refractivity contribution in [3.05, 3.63) is 36.0 Å². The van der Waals surface area contributed by atoms with Crippen LogP contribution in [0, 0.1) is 0 Å². The maximum Gasteiger partial charge on any atom is 0.320 e. The standard InChI is InChI=1S/C11H12N2O2/c12-9(11(14)15)5-7-6-13-10-4-2-1-3-8(7)10/h1-4,6,9,13H,5,12H2,(H,14,15)/t9-/m0/s1/i11+1. The highest BCUT2D eigenvalue weighted by Gasteiger charge is 2.14. The Morgan fingerprint density at radius 3 is 2.93 bits per heavy atom. The van der Waals surface area contributed by atoms with Crippen molar-refractivity contribution in [3.63, 3.8) is 0 Å². The number of H-pyrrole nitrogens is 1. The van der Waals surface area contributed by atoms with Gasteiger partial charge in [0.05, 0.1) is 0 Å². The highest BCUT2D eigenvalue weighted by Crippen LogP contribution is 2.18. The predicted molar refractivity (Wildman–Crippen MR) is 57.6 cm³/mol. The molecule has 0 aliphatic carbocycles. The summed E-state index contributed by atoms with van der Waals surface area (Å²) in [6, 6.07) is 6.91. The lowest BCUT2D eigenvalue weighted by Gasteiger charge is -2.04. The normalized spacial score (nSPS) is 12.9. The van der Waals surface area contributed by atoms with Gasteiger partial charge in [0.25, 0.3) is 0 Å². The molecule has 1 aromatic carbocycles. The Labute approximate surface area is 86.7 Å². The maximum absolute atomic E-state index is 10.6. The van der Waals surface area contributed by atoms with E-state index in [1.165, 1.54) is 0 Å². The Bertz CT molecular complexity index is 490. The van der Waals surface area contributed by atoms with Crippen LogP contribution in [0.15, 0.2) is 30.5 Å². The van der Waals surface area contributed by atoms with Gasteiger partial charge in [0, 0.05) is 23.5 Å². The number of rotatable bonds is 3. The molecule has 0 unspecified atom stereocenters. The summed E-state index contributed by atoms with van der Waals surface area (Å²) in [6.45, 7) is 0. The van der Waals surface area contributed by atoms with Crippen LogP contribution < -0.4 is 5.73 Å². The second kappa shape index (κ2) is 3.74. The van der Waals surface area contributed by atoms with E-state index in [-0.39, 0.29) is 0 Å². The van der Waals surface area contributed by atoms with E-state index in [0.717, 1.165) is 16.5 Å². The van der Waals surface area contributed by atoms with Gasteiger partial charge >= 0.3 is 5.97 Å². The monoisotopic (exact) mass is 205 g/mol. The molecule has 4 heteroatoms. The van der Waals surface area contributed by atoms with Crippen molar-refractivity contribution in [3.8, 4) is 0 Å². The first-order chi connectivity index (χ1) is 7.18. The molecule has 4 N–H and O–H groups in total. The SMILES string of the molecule is N[C@@H](Cc1c[nH]c2ccccc12)[13C](=O)O. The molecule has 0 bridgehead atoms. The summed E-state index contributed by atoms with van der Waals surface area (Å²) < 4.78 is 0. The van der Waals surface area contributed by atoms with E-state index >= 15 is 0 Å². The Hall–Kier alpha value is -1.81. The first-order valence-corrected chi connectivity index (χ1v) is 4.72. The number of aromatic nitrogens is 1. The molecule has 1 heterocycles. The molecule has 15 heavy (non-hydrogen) atoms. The summed E-state index contributed by atoms with van der Waals surface area (Å²) in [7, 11) is 0. The molecule has 4 nitrogen and oxygen atoms in total. The number of carboxylic acid groups (broad SMARTS) is 1. The highest BCUT2D eigenvalue weighted by atomic mass is 16.5. The van der Waals surface area contributed by atoms with Crippen molar-refractivity contribution in [2.45, 2.75) is 12.5 Å². The number of aromatic amines is 1. The minimum absolute atomic E-state index is 0.347. The average Bonchev–Trinajstić information content (AvgIpc) is 2.62. The van der Waals surface area contributed by atoms with Crippen LogP contribution in [0.4, 0.5) is 0 Å². The van der Waals surface area contributed by atoms with Gasteiger partial charge in [0.15, 0.2) is 0 Å². The summed E-state index contributed by atoms with van der Waals surface area (Å²) >= 11 is 0. The van der Waals surface area contributed by atoms with E-state index in [9.17, 15) is 4.79 Å². The molecule has 0 fully saturated rings. The number of nitrogens with one attached hydrogen (secondary N) is 1. The maximum atomic E-state index is 10.6. The van der Waals surface area contributed by atoms with Gasteiger partial charge in [-0.15, -0.1) is 0 Å². The number of para-hydroxylation sites is 1. The first-order valence-electron chi connectivity index (χ1n) is 4.72. The lowest BCUT2D eigenvalue weighted by atomic mass is 10.1. The Morgan fingerprint density at radius 2 is 2.20 bits per heavy atom. The zero-order valence-corrected chi connectivity index (χ0v) is 8.10. The third-order valence-electron chi connectivity index (χ3n) is 2.43. The van der Waals surface area contributed by atoms with Gasteiger partial charge in [-0.1, -0.05) is 18.2 Å². The van der Waals surface area contributed by atoms with E-state index < -0.39 is 12.0 Å². The zero-order valence-electron chi connectivity index (χ0n) is 8.10. The molecule has 0 saturated heterocycles. The molecule has 2 aromatic rings. The van der Waals surface area contributed by atoms with Crippen LogP contribution in [-0.2, 0) is 11.2 Å². The smallest absolute Gasteiger partial charge is 0.320 e. The summed E-state index contributed by atoms with van der Waals surface area (Å²) in [5, 5.41) is 9.75. The lowest BCUT2D eigenvalue weighted by Crippen LogP contribution is -2.32. The molecular weight excluding hydrogens is 193 g/mol. The number of fused-ring (bicyclic) bond motifs is 1. The van der Waals surface area contributed by atoms with Gasteiger partial charge in [-0.3, -0.25) is 4.79 Å². The van der Waals surface area contributed by atoms with Crippen molar-refractivity contribution in [1.29, 1.82) is 0 Å². The summed E-state index contributed by atoms with van der Waals surface area (Å²) in [4.78, 5) is 13.7.